The molecule has 2 aromatic rings. The summed E-state index contributed by atoms with van der Waals surface area (Å²) in [6.07, 6.45) is 3.48. The van der Waals surface area contributed by atoms with E-state index in [1.54, 1.807) is 22.3 Å². The van der Waals surface area contributed by atoms with E-state index < -0.39 is 0 Å². The Labute approximate surface area is 133 Å². The number of thiophene rings is 1. The zero-order chi connectivity index (χ0) is 15.4. The maximum atomic E-state index is 12.3. The van der Waals surface area contributed by atoms with Crippen molar-refractivity contribution in [1.29, 1.82) is 0 Å². The number of amides is 1. The van der Waals surface area contributed by atoms with E-state index >= 15 is 0 Å². The lowest BCUT2D eigenvalue weighted by Crippen LogP contribution is -2.28. The highest BCUT2D eigenvalue weighted by molar-refractivity contribution is 7.10. The molecule has 114 valence electrons. The summed E-state index contributed by atoms with van der Waals surface area (Å²) in [6.45, 7) is 3.45. The van der Waals surface area contributed by atoms with Gasteiger partial charge >= 0.3 is 0 Å². The summed E-state index contributed by atoms with van der Waals surface area (Å²) in [7, 11) is 0. The summed E-state index contributed by atoms with van der Waals surface area (Å²) in [5.74, 6) is 1.51. The number of likely N-dealkylation sites (N-methyl/N-ethyl adjacent to an activating group) is 1. The molecule has 5 heteroatoms. The minimum atomic E-state index is 0.00793. The van der Waals surface area contributed by atoms with Gasteiger partial charge in [-0.2, -0.15) is 0 Å². The van der Waals surface area contributed by atoms with Crippen molar-refractivity contribution in [2.75, 3.05) is 13.3 Å². The molecule has 0 saturated carbocycles. The van der Waals surface area contributed by atoms with Crippen molar-refractivity contribution in [3.63, 3.8) is 0 Å². The molecule has 0 saturated heterocycles. The van der Waals surface area contributed by atoms with Crippen molar-refractivity contribution in [2.45, 2.75) is 13.5 Å². The molecule has 2 heterocycles. The number of hydrogen-bond acceptors (Lipinski definition) is 4. The molecule has 22 heavy (non-hydrogen) atoms. The number of carbonyl (C=O) groups is 1. The second-order valence-corrected chi connectivity index (χ2v) is 5.87. The first-order valence-electron chi connectivity index (χ1n) is 7.15. The highest BCUT2D eigenvalue weighted by Gasteiger charge is 2.15. The van der Waals surface area contributed by atoms with Crippen LogP contribution < -0.4 is 9.47 Å². The van der Waals surface area contributed by atoms with Crippen LogP contribution >= 0.6 is 11.3 Å². The van der Waals surface area contributed by atoms with Crippen LogP contribution in [0.3, 0.4) is 0 Å². The van der Waals surface area contributed by atoms with Crippen molar-refractivity contribution in [1.82, 2.24) is 4.90 Å². The number of benzene rings is 1. The van der Waals surface area contributed by atoms with Crippen molar-refractivity contribution in [3.05, 3.63) is 52.2 Å². The SMILES string of the molecule is CCN(Cc1ccc2c(c1)OCO2)C(=O)/C=C/c1cccs1. The average Bonchev–Trinajstić information content (AvgIpc) is 3.20. The van der Waals surface area contributed by atoms with E-state index in [0.29, 0.717) is 13.1 Å². The van der Waals surface area contributed by atoms with Gasteiger partial charge in [-0.3, -0.25) is 4.79 Å². The summed E-state index contributed by atoms with van der Waals surface area (Å²) >= 11 is 1.61. The molecule has 0 radical (unpaired) electrons. The van der Waals surface area contributed by atoms with E-state index in [4.69, 9.17) is 9.47 Å². The van der Waals surface area contributed by atoms with E-state index in [2.05, 4.69) is 0 Å². The third-order valence-corrected chi connectivity index (χ3v) is 4.27. The van der Waals surface area contributed by atoms with Gasteiger partial charge in [-0.1, -0.05) is 12.1 Å². The highest BCUT2D eigenvalue weighted by Crippen LogP contribution is 2.32. The standard InChI is InChI=1S/C17H17NO3S/c1-2-18(17(19)8-6-14-4-3-9-22-14)11-13-5-7-15-16(10-13)21-12-20-15/h3-10H,2,11-12H2,1H3/b8-6+. The number of rotatable bonds is 5. The first-order valence-corrected chi connectivity index (χ1v) is 8.03. The minimum absolute atomic E-state index is 0.00793. The molecule has 0 aliphatic carbocycles. The average molecular weight is 315 g/mol. The van der Waals surface area contributed by atoms with Gasteiger partial charge in [-0.05, 0) is 42.1 Å². The van der Waals surface area contributed by atoms with E-state index in [-0.39, 0.29) is 12.7 Å². The van der Waals surface area contributed by atoms with Gasteiger partial charge in [0.1, 0.15) is 0 Å². The molecule has 3 rings (SSSR count). The third kappa shape index (κ3) is 3.31. The molecule has 4 nitrogen and oxygen atoms in total. The van der Waals surface area contributed by atoms with Crippen molar-refractivity contribution < 1.29 is 14.3 Å². The molecule has 1 aliphatic heterocycles. The summed E-state index contributed by atoms with van der Waals surface area (Å²) in [5.41, 5.74) is 1.03. The molecule has 1 amide bonds. The van der Waals surface area contributed by atoms with Crippen LogP contribution in [0.25, 0.3) is 6.08 Å². The Kier molecular flexibility index (Phi) is 4.44. The maximum absolute atomic E-state index is 12.3. The number of ether oxygens (including phenoxy) is 2. The zero-order valence-corrected chi connectivity index (χ0v) is 13.1. The van der Waals surface area contributed by atoms with Gasteiger partial charge in [0.15, 0.2) is 11.5 Å². The van der Waals surface area contributed by atoms with Gasteiger partial charge < -0.3 is 14.4 Å². The van der Waals surface area contributed by atoms with Gasteiger partial charge in [0.2, 0.25) is 12.7 Å². The van der Waals surface area contributed by atoms with Gasteiger partial charge in [0.25, 0.3) is 0 Å². The molecule has 1 aromatic heterocycles. The van der Waals surface area contributed by atoms with Crippen LogP contribution in [0.1, 0.15) is 17.4 Å². The molecular weight excluding hydrogens is 298 g/mol. The van der Waals surface area contributed by atoms with Crippen LogP contribution in [-0.4, -0.2) is 24.1 Å². The van der Waals surface area contributed by atoms with Crippen molar-refractivity contribution in [3.8, 4) is 11.5 Å². The highest BCUT2D eigenvalue weighted by atomic mass is 32.1. The normalized spacial score (nSPS) is 12.8. The lowest BCUT2D eigenvalue weighted by atomic mass is 10.2. The molecular formula is C17H17NO3S. The fraction of sp³-hybridized carbons (Fsp3) is 0.235. The molecule has 0 atom stereocenters. The number of carbonyl (C=O) groups excluding carboxylic acids is 1. The Morgan fingerprint density at radius 3 is 2.95 bits per heavy atom. The largest absolute Gasteiger partial charge is 0.454 e. The van der Waals surface area contributed by atoms with Crippen molar-refractivity contribution in [2.24, 2.45) is 0 Å². The van der Waals surface area contributed by atoms with E-state index in [1.807, 2.05) is 48.7 Å². The number of fused-ring (bicyclic) bond motifs is 1. The van der Waals surface area contributed by atoms with Gasteiger partial charge in [-0.25, -0.2) is 0 Å². The molecule has 0 N–H and O–H groups in total. The zero-order valence-electron chi connectivity index (χ0n) is 12.3. The fourth-order valence-electron chi connectivity index (χ4n) is 2.25. The predicted octanol–water partition coefficient (Wildman–Crippen LogP) is 3.54. The van der Waals surface area contributed by atoms with Gasteiger partial charge in [0, 0.05) is 24.0 Å². The second kappa shape index (κ2) is 6.66. The summed E-state index contributed by atoms with van der Waals surface area (Å²) < 4.78 is 10.7. The maximum Gasteiger partial charge on any atom is 0.246 e. The number of nitrogens with zero attached hydrogens (tertiary/aromatic N) is 1. The molecule has 1 aromatic carbocycles. The first-order chi connectivity index (χ1) is 10.8. The lowest BCUT2D eigenvalue weighted by molar-refractivity contribution is -0.126. The summed E-state index contributed by atoms with van der Waals surface area (Å²) in [4.78, 5) is 15.2. The smallest absolute Gasteiger partial charge is 0.246 e. The Balaban J connectivity index is 1.67. The van der Waals surface area contributed by atoms with Crippen LogP contribution in [-0.2, 0) is 11.3 Å². The van der Waals surface area contributed by atoms with Crippen LogP contribution in [0.4, 0.5) is 0 Å². The van der Waals surface area contributed by atoms with Gasteiger partial charge in [0.05, 0.1) is 0 Å². The molecule has 0 spiro atoms. The Morgan fingerprint density at radius 1 is 1.32 bits per heavy atom. The fourth-order valence-corrected chi connectivity index (χ4v) is 2.87. The quantitative estimate of drug-likeness (QED) is 0.792. The lowest BCUT2D eigenvalue weighted by Gasteiger charge is -2.19. The first kappa shape index (κ1) is 14.7. The Bertz CT molecular complexity index is 679. The predicted molar refractivity (Wildman–Crippen MR) is 87.0 cm³/mol. The molecule has 1 aliphatic rings. The Morgan fingerprint density at radius 2 is 2.18 bits per heavy atom. The van der Waals surface area contributed by atoms with E-state index in [0.717, 1.165) is 21.9 Å². The molecule has 0 fully saturated rings. The Hall–Kier alpha value is -2.27. The van der Waals surface area contributed by atoms with Crippen LogP contribution in [0.15, 0.2) is 41.8 Å². The van der Waals surface area contributed by atoms with Crippen LogP contribution in [0, 0.1) is 0 Å². The van der Waals surface area contributed by atoms with Gasteiger partial charge in [-0.15, -0.1) is 11.3 Å². The van der Waals surface area contributed by atoms with Crippen LogP contribution in [0.5, 0.6) is 11.5 Å². The van der Waals surface area contributed by atoms with E-state index in [1.165, 1.54) is 0 Å². The van der Waals surface area contributed by atoms with Crippen molar-refractivity contribution >= 4 is 23.3 Å². The summed E-state index contributed by atoms with van der Waals surface area (Å²) in [6, 6.07) is 9.74. The molecule has 0 unspecified atom stereocenters. The molecule has 0 bridgehead atoms. The second-order valence-electron chi connectivity index (χ2n) is 4.89. The number of hydrogen-bond donors (Lipinski definition) is 0. The van der Waals surface area contributed by atoms with E-state index in [9.17, 15) is 4.79 Å². The minimum Gasteiger partial charge on any atom is -0.454 e. The monoisotopic (exact) mass is 315 g/mol. The summed E-state index contributed by atoms with van der Waals surface area (Å²) in [5, 5.41) is 1.99. The topological polar surface area (TPSA) is 38.8 Å². The van der Waals surface area contributed by atoms with Crippen LogP contribution in [0.2, 0.25) is 0 Å². The third-order valence-electron chi connectivity index (χ3n) is 3.44.